The van der Waals surface area contributed by atoms with Crippen LogP contribution in [0.15, 0.2) is 48.5 Å². The number of carbonyl (C=O) groups excluding carboxylic acids is 2. The van der Waals surface area contributed by atoms with E-state index in [2.05, 4.69) is 10.6 Å². The summed E-state index contributed by atoms with van der Waals surface area (Å²) < 4.78 is 5.12. The maximum absolute atomic E-state index is 12.5. The van der Waals surface area contributed by atoms with Gasteiger partial charge in [0.15, 0.2) is 0 Å². The standard InChI is InChI=1S/C22H25N3O4/c1-29-19-7-5-15(6-8-19)12-23-21(28)24-17-10-22(11-17)13-25(14-22)20(27)16-3-2-4-18(26)9-16/h2-9,17,26H,10-14H2,1H3,(H2,23,24,28). The number of benzene rings is 2. The number of ether oxygens (including phenoxy) is 1. The van der Waals surface area contributed by atoms with Crippen LogP contribution in [0.25, 0.3) is 0 Å². The molecule has 1 aliphatic heterocycles. The molecule has 152 valence electrons. The summed E-state index contributed by atoms with van der Waals surface area (Å²) in [6, 6.07) is 14.0. The fourth-order valence-electron chi connectivity index (χ4n) is 4.24. The first-order chi connectivity index (χ1) is 14.0. The normalized spacial score (nSPS) is 17.2. The van der Waals surface area contributed by atoms with Crippen molar-refractivity contribution in [2.75, 3.05) is 20.2 Å². The fraction of sp³-hybridized carbons (Fsp3) is 0.364. The van der Waals surface area contributed by atoms with Crippen LogP contribution in [0, 0.1) is 5.41 Å². The molecule has 4 rings (SSSR count). The van der Waals surface area contributed by atoms with Crippen molar-refractivity contribution in [3.05, 3.63) is 59.7 Å². The highest BCUT2D eigenvalue weighted by Crippen LogP contribution is 2.48. The number of rotatable bonds is 5. The number of aromatic hydroxyl groups is 1. The van der Waals surface area contributed by atoms with E-state index in [4.69, 9.17) is 4.74 Å². The molecule has 7 nitrogen and oxygen atoms in total. The van der Waals surface area contributed by atoms with Crippen LogP contribution >= 0.6 is 0 Å². The van der Waals surface area contributed by atoms with E-state index >= 15 is 0 Å². The van der Waals surface area contributed by atoms with Gasteiger partial charge in [-0.25, -0.2) is 4.79 Å². The van der Waals surface area contributed by atoms with Crippen LogP contribution in [0.4, 0.5) is 4.79 Å². The van der Waals surface area contributed by atoms with Crippen molar-refractivity contribution in [2.45, 2.75) is 25.4 Å². The topological polar surface area (TPSA) is 90.9 Å². The van der Waals surface area contributed by atoms with Crippen LogP contribution in [-0.4, -0.2) is 48.2 Å². The first-order valence-electron chi connectivity index (χ1n) is 9.72. The van der Waals surface area contributed by atoms with E-state index in [-0.39, 0.29) is 29.1 Å². The van der Waals surface area contributed by atoms with Gasteiger partial charge in [0.2, 0.25) is 0 Å². The largest absolute Gasteiger partial charge is 0.508 e. The van der Waals surface area contributed by atoms with Crippen molar-refractivity contribution in [3.63, 3.8) is 0 Å². The van der Waals surface area contributed by atoms with Crippen LogP contribution in [0.3, 0.4) is 0 Å². The van der Waals surface area contributed by atoms with Gasteiger partial charge in [-0.05, 0) is 48.7 Å². The number of hydrogen-bond acceptors (Lipinski definition) is 4. The molecule has 0 bridgehead atoms. The van der Waals surface area contributed by atoms with E-state index in [0.717, 1.165) is 24.2 Å². The Hall–Kier alpha value is -3.22. The number of phenols is 1. The molecule has 1 heterocycles. The molecule has 1 saturated heterocycles. The second-order valence-corrected chi connectivity index (χ2v) is 7.99. The molecule has 2 aliphatic rings. The zero-order valence-electron chi connectivity index (χ0n) is 16.4. The molecule has 3 amide bonds. The Kier molecular flexibility index (Phi) is 5.05. The summed E-state index contributed by atoms with van der Waals surface area (Å²) in [6.45, 7) is 1.86. The lowest BCUT2D eigenvalue weighted by Gasteiger charge is -2.59. The van der Waals surface area contributed by atoms with Gasteiger partial charge in [0, 0.05) is 36.7 Å². The Morgan fingerprint density at radius 3 is 2.55 bits per heavy atom. The van der Waals surface area contributed by atoms with Gasteiger partial charge >= 0.3 is 6.03 Å². The number of carbonyl (C=O) groups is 2. The van der Waals surface area contributed by atoms with E-state index in [9.17, 15) is 14.7 Å². The predicted molar refractivity (Wildman–Crippen MR) is 108 cm³/mol. The number of likely N-dealkylation sites (tertiary alicyclic amines) is 1. The third-order valence-electron chi connectivity index (χ3n) is 5.74. The summed E-state index contributed by atoms with van der Waals surface area (Å²) in [5.41, 5.74) is 1.64. The number of hydrogen-bond donors (Lipinski definition) is 3. The molecular weight excluding hydrogens is 370 g/mol. The number of phenolic OH excluding ortho intramolecular Hbond substituents is 1. The molecular formula is C22H25N3O4. The molecule has 3 N–H and O–H groups in total. The molecule has 1 aliphatic carbocycles. The molecule has 2 aromatic carbocycles. The SMILES string of the molecule is COc1ccc(CNC(=O)NC2CC3(C2)CN(C(=O)c2cccc(O)c2)C3)cc1. The van der Waals surface area contributed by atoms with Gasteiger partial charge < -0.3 is 25.4 Å². The molecule has 29 heavy (non-hydrogen) atoms. The van der Waals surface area contributed by atoms with Crippen molar-refractivity contribution in [1.29, 1.82) is 0 Å². The summed E-state index contributed by atoms with van der Waals surface area (Å²) >= 11 is 0. The molecule has 0 radical (unpaired) electrons. The summed E-state index contributed by atoms with van der Waals surface area (Å²) in [5, 5.41) is 15.4. The first kappa shape index (κ1) is 19.1. The second-order valence-electron chi connectivity index (χ2n) is 7.99. The Labute approximate surface area is 169 Å². The van der Waals surface area contributed by atoms with Gasteiger partial charge in [0.25, 0.3) is 5.91 Å². The summed E-state index contributed by atoms with van der Waals surface area (Å²) in [4.78, 5) is 26.4. The highest BCUT2D eigenvalue weighted by molar-refractivity contribution is 5.95. The molecule has 7 heteroatoms. The Morgan fingerprint density at radius 2 is 1.90 bits per heavy atom. The minimum absolute atomic E-state index is 0.0554. The monoisotopic (exact) mass is 395 g/mol. The molecule has 2 aromatic rings. The minimum Gasteiger partial charge on any atom is -0.508 e. The molecule has 0 aromatic heterocycles. The minimum atomic E-state index is -0.173. The average molecular weight is 395 g/mol. The van der Waals surface area contributed by atoms with Gasteiger partial charge in [0.05, 0.1) is 7.11 Å². The molecule has 0 atom stereocenters. The smallest absolute Gasteiger partial charge is 0.315 e. The molecule has 1 saturated carbocycles. The van der Waals surface area contributed by atoms with E-state index in [1.54, 1.807) is 30.2 Å². The van der Waals surface area contributed by atoms with E-state index in [0.29, 0.717) is 25.2 Å². The van der Waals surface area contributed by atoms with Crippen LogP contribution in [0.5, 0.6) is 11.5 Å². The highest BCUT2D eigenvalue weighted by Gasteiger charge is 2.54. The number of methoxy groups -OCH3 is 1. The fourth-order valence-corrected chi connectivity index (χ4v) is 4.24. The van der Waals surface area contributed by atoms with Crippen LogP contribution in [-0.2, 0) is 6.54 Å². The van der Waals surface area contributed by atoms with Gasteiger partial charge in [-0.2, -0.15) is 0 Å². The van der Waals surface area contributed by atoms with Crippen LogP contribution in [0.1, 0.15) is 28.8 Å². The van der Waals surface area contributed by atoms with Crippen LogP contribution < -0.4 is 15.4 Å². The second kappa shape index (κ2) is 7.66. The van der Waals surface area contributed by atoms with Crippen LogP contribution in [0.2, 0.25) is 0 Å². The summed E-state index contributed by atoms with van der Waals surface area (Å²) in [6.07, 6.45) is 1.76. The van der Waals surface area contributed by atoms with E-state index in [1.165, 1.54) is 6.07 Å². The van der Waals surface area contributed by atoms with E-state index < -0.39 is 0 Å². The Morgan fingerprint density at radius 1 is 1.17 bits per heavy atom. The first-order valence-corrected chi connectivity index (χ1v) is 9.72. The van der Waals surface area contributed by atoms with Gasteiger partial charge in [-0.1, -0.05) is 18.2 Å². The average Bonchev–Trinajstić information content (AvgIpc) is 2.67. The number of amides is 3. The number of nitrogens with one attached hydrogen (secondary N) is 2. The third kappa shape index (κ3) is 4.13. The van der Waals surface area contributed by atoms with Crippen molar-refractivity contribution >= 4 is 11.9 Å². The van der Waals surface area contributed by atoms with Crippen molar-refractivity contribution in [1.82, 2.24) is 15.5 Å². The van der Waals surface area contributed by atoms with Crippen molar-refractivity contribution in [3.8, 4) is 11.5 Å². The van der Waals surface area contributed by atoms with Gasteiger partial charge in [0.1, 0.15) is 11.5 Å². The number of urea groups is 1. The lowest BCUT2D eigenvalue weighted by molar-refractivity contribution is -0.0585. The predicted octanol–water partition coefficient (Wildman–Crippen LogP) is 2.50. The molecule has 0 unspecified atom stereocenters. The maximum Gasteiger partial charge on any atom is 0.315 e. The summed E-state index contributed by atoms with van der Waals surface area (Å²) in [7, 11) is 1.62. The highest BCUT2D eigenvalue weighted by atomic mass is 16.5. The Bertz CT molecular complexity index is 899. The lowest BCUT2D eigenvalue weighted by atomic mass is 9.60. The maximum atomic E-state index is 12.5. The van der Waals surface area contributed by atoms with Crippen molar-refractivity contribution < 1.29 is 19.4 Å². The Balaban J connectivity index is 1.18. The summed E-state index contributed by atoms with van der Waals surface area (Å²) in [5.74, 6) is 0.829. The van der Waals surface area contributed by atoms with Crippen molar-refractivity contribution in [2.24, 2.45) is 5.41 Å². The zero-order chi connectivity index (χ0) is 20.4. The zero-order valence-corrected chi connectivity index (χ0v) is 16.4. The third-order valence-corrected chi connectivity index (χ3v) is 5.74. The quantitative estimate of drug-likeness (QED) is 0.726. The molecule has 2 fully saturated rings. The molecule has 1 spiro atoms. The van der Waals surface area contributed by atoms with E-state index in [1.807, 2.05) is 24.3 Å². The van der Waals surface area contributed by atoms with Gasteiger partial charge in [-0.15, -0.1) is 0 Å². The number of nitrogens with zero attached hydrogens (tertiary/aromatic N) is 1. The van der Waals surface area contributed by atoms with Gasteiger partial charge in [-0.3, -0.25) is 4.79 Å². The lowest BCUT2D eigenvalue weighted by Crippen LogP contribution is -2.67.